The first-order valence-corrected chi connectivity index (χ1v) is 5.80. The van der Waals surface area contributed by atoms with Gasteiger partial charge >= 0.3 is 0 Å². The third kappa shape index (κ3) is 1.93. The molecule has 0 fully saturated rings. The van der Waals surface area contributed by atoms with Crippen LogP contribution in [0, 0.1) is 6.92 Å². The van der Waals surface area contributed by atoms with Gasteiger partial charge in [-0.3, -0.25) is 0 Å². The molecule has 0 aliphatic carbocycles. The van der Waals surface area contributed by atoms with Gasteiger partial charge in [-0.1, -0.05) is 54.1 Å². The van der Waals surface area contributed by atoms with Gasteiger partial charge in [0, 0.05) is 5.56 Å². The normalized spacial score (nSPS) is 14.3. The summed E-state index contributed by atoms with van der Waals surface area (Å²) in [4.78, 5) is 0. The van der Waals surface area contributed by atoms with Gasteiger partial charge in [0.1, 0.15) is 0 Å². The number of hydrogen-bond donors (Lipinski definition) is 0. The molecule has 0 spiro atoms. The summed E-state index contributed by atoms with van der Waals surface area (Å²) < 4.78 is 0. The van der Waals surface area contributed by atoms with E-state index in [1.165, 1.54) is 5.56 Å². The van der Waals surface area contributed by atoms with E-state index in [1.54, 1.807) is 0 Å². The van der Waals surface area contributed by atoms with Crippen LogP contribution in [0.15, 0.2) is 69.2 Å². The van der Waals surface area contributed by atoms with Crippen LogP contribution in [0.5, 0.6) is 0 Å². The monoisotopic (exact) mass is 236 g/mol. The fourth-order valence-corrected chi connectivity index (χ4v) is 2.01. The molecule has 0 saturated carbocycles. The topological polar surface area (TPSA) is 49.4 Å². The van der Waals surface area contributed by atoms with E-state index in [-0.39, 0.29) is 6.17 Å². The van der Waals surface area contributed by atoms with Gasteiger partial charge in [0.25, 0.3) is 0 Å². The van der Waals surface area contributed by atoms with Gasteiger partial charge in [0.2, 0.25) is 6.17 Å². The molecule has 2 aromatic carbocycles. The van der Waals surface area contributed by atoms with E-state index in [4.69, 9.17) is 0 Å². The lowest BCUT2D eigenvalue weighted by Crippen LogP contribution is -1.92. The Morgan fingerprint density at radius 2 is 1.50 bits per heavy atom. The lowest BCUT2D eigenvalue weighted by molar-refractivity contribution is 0.767. The van der Waals surface area contributed by atoms with E-state index in [9.17, 15) is 0 Å². The predicted molar refractivity (Wildman–Crippen MR) is 69.1 cm³/mol. The van der Waals surface area contributed by atoms with Crippen molar-refractivity contribution in [1.82, 2.24) is 0 Å². The Morgan fingerprint density at radius 1 is 0.833 bits per heavy atom. The molecule has 1 aliphatic rings. The highest BCUT2D eigenvalue weighted by atomic mass is 15.6. The Hall–Kier alpha value is -2.36. The standard InChI is InChI=1S/C14H12N4/c1-10-6-8-11(9-7-10)12-4-2-3-5-13(12)14-15-17-18-16-14/h2-9,14H,1H3. The second-order valence-corrected chi connectivity index (χ2v) is 4.24. The maximum Gasteiger partial charge on any atom is 0.211 e. The molecule has 0 atom stereocenters. The number of rotatable bonds is 2. The van der Waals surface area contributed by atoms with Crippen LogP contribution in [0.1, 0.15) is 17.3 Å². The van der Waals surface area contributed by atoms with E-state index >= 15 is 0 Å². The summed E-state index contributed by atoms with van der Waals surface area (Å²) in [6.45, 7) is 2.08. The third-order valence-electron chi connectivity index (χ3n) is 2.96. The Balaban J connectivity index is 2.09. The fraction of sp³-hybridized carbons (Fsp3) is 0.143. The Bertz CT molecular complexity index is 602. The van der Waals surface area contributed by atoms with E-state index in [0.29, 0.717) is 0 Å². The van der Waals surface area contributed by atoms with Gasteiger partial charge in [-0.05, 0) is 28.5 Å². The van der Waals surface area contributed by atoms with Crippen molar-refractivity contribution in [2.75, 3.05) is 0 Å². The Kier molecular flexibility index (Phi) is 2.68. The molecule has 0 N–H and O–H groups in total. The van der Waals surface area contributed by atoms with Crippen molar-refractivity contribution in [3.05, 3.63) is 59.7 Å². The van der Waals surface area contributed by atoms with Crippen LogP contribution < -0.4 is 0 Å². The second-order valence-electron chi connectivity index (χ2n) is 4.24. The Morgan fingerprint density at radius 3 is 2.22 bits per heavy atom. The molecular weight excluding hydrogens is 224 g/mol. The summed E-state index contributed by atoms with van der Waals surface area (Å²) in [5.74, 6) is 0. The summed E-state index contributed by atoms with van der Waals surface area (Å²) in [6.07, 6.45) is -0.303. The minimum absolute atomic E-state index is 0.303. The van der Waals surface area contributed by atoms with E-state index in [0.717, 1.165) is 16.7 Å². The zero-order valence-electron chi connectivity index (χ0n) is 9.99. The maximum atomic E-state index is 4.00. The highest BCUT2D eigenvalue weighted by Gasteiger charge is 2.17. The van der Waals surface area contributed by atoms with Gasteiger partial charge < -0.3 is 0 Å². The third-order valence-corrected chi connectivity index (χ3v) is 2.96. The molecule has 0 unspecified atom stereocenters. The summed E-state index contributed by atoms with van der Waals surface area (Å²) in [6, 6.07) is 16.5. The number of benzene rings is 2. The lowest BCUT2D eigenvalue weighted by Gasteiger charge is -2.10. The quantitative estimate of drug-likeness (QED) is 0.737. The Labute approximate surface area is 105 Å². The van der Waals surface area contributed by atoms with Gasteiger partial charge in [-0.25, -0.2) is 0 Å². The highest BCUT2D eigenvalue weighted by Crippen LogP contribution is 2.33. The smallest absolute Gasteiger partial charge is 0.133 e. The molecule has 4 nitrogen and oxygen atoms in total. The maximum absolute atomic E-state index is 4.00. The van der Waals surface area contributed by atoms with Crippen LogP contribution in [0.3, 0.4) is 0 Å². The van der Waals surface area contributed by atoms with E-state index < -0.39 is 0 Å². The molecule has 3 rings (SSSR count). The SMILES string of the molecule is Cc1ccc(-c2ccccc2C2N=NN=N2)cc1. The number of aryl methyl sites for hydroxylation is 1. The molecule has 4 heteroatoms. The van der Waals surface area contributed by atoms with E-state index in [2.05, 4.69) is 57.9 Å². The van der Waals surface area contributed by atoms with Crippen molar-refractivity contribution in [1.29, 1.82) is 0 Å². The number of nitrogens with zero attached hydrogens (tertiary/aromatic N) is 4. The average molecular weight is 236 g/mol. The largest absolute Gasteiger partial charge is 0.211 e. The lowest BCUT2D eigenvalue weighted by atomic mass is 9.97. The van der Waals surface area contributed by atoms with Crippen LogP contribution in [-0.2, 0) is 0 Å². The zero-order chi connectivity index (χ0) is 12.4. The molecule has 88 valence electrons. The average Bonchev–Trinajstić information content (AvgIpc) is 2.93. The summed E-state index contributed by atoms with van der Waals surface area (Å²) >= 11 is 0. The molecule has 0 saturated heterocycles. The van der Waals surface area contributed by atoms with Crippen LogP contribution >= 0.6 is 0 Å². The van der Waals surface area contributed by atoms with Crippen molar-refractivity contribution < 1.29 is 0 Å². The minimum atomic E-state index is -0.303. The van der Waals surface area contributed by atoms with Crippen molar-refractivity contribution in [3.8, 4) is 11.1 Å². The van der Waals surface area contributed by atoms with Crippen LogP contribution in [0.4, 0.5) is 0 Å². The first-order valence-electron chi connectivity index (χ1n) is 5.80. The van der Waals surface area contributed by atoms with Crippen LogP contribution in [0.2, 0.25) is 0 Å². The molecule has 0 aromatic heterocycles. The summed E-state index contributed by atoms with van der Waals surface area (Å²) in [5, 5.41) is 15.1. The fourth-order valence-electron chi connectivity index (χ4n) is 2.01. The molecule has 0 bridgehead atoms. The van der Waals surface area contributed by atoms with Gasteiger partial charge in [0.05, 0.1) is 0 Å². The molecule has 0 radical (unpaired) electrons. The summed E-state index contributed by atoms with van der Waals surface area (Å²) in [5.41, 5.74) is 4.57. The zero-order valence-corrected chi connectivity index (χ0v) is 9.99. The minimum Gasteiger partial charge on any atom is -0.133 e. The first kappa shape index (κ1) is 10.8. The second kappa shape index (κ2) is 4.49. The predicted octanol–water partition coefficient (Wildman–Crippen LogP) is 4.49. The highest BCUT2D eigenvalue weighted by molar-refractivity contribution is 5.68. The molecule has 18 heavy (non-hydrogen) atoms. The van der Waals surface area contributed by atoms with Gasteiger partial charge in [0.15, 0.2) is 0 Å². The summed E-state index contributed by atoms with van der Waals surface area (Å²) in [7, 11) is 0. The molecule has 1 aliphatic heterocycles. The van der Waals surface area contributed by atoms with Crippen molar-refractivity contribution in [2.45, 2.75) is 13.1 Å². The molecular formula is C14H12N4. The van der Waals surface area contributed by atoms with Crippen molar-refractivity contribution in [3.63, 3.8) is 0 Å². The van der Waals surface area contributed by atoms with Gasteiger partial charge in [-0.15, -0.1) is 10.2 Å². The van der Waals surface area contributed by atoms with Crippen molar-refractivity contribution in [2.24, 2.45) is 20.7 Å². The van der Waals surface area contributed by atoms with Crippen LogP contribution in [-0.4, -0.2) is 0 Å². The molecule has 1 heterocycles. The van der Waals surface area contributed by atoms with Gasteiger partial charge in [-0.2, -0.15) is 0 Å². The van der Waals surface area contributed by atoms with E-state index in [1.807, 2.05) is 18.2 Å². The molecule has 0 amide bonds. The number of hydrogen-bond acceptors (Lipinski definition) is 4. The molecule has 2 aromatic rings. The van der Waals surface area contributed by atoms with Crippen LogP contribution in [0.25, 0.3) is 11.1 Å². The van der Waals surface area contributed by atoms with Crippen molar-refractivity contribution >= 4 is 0 Å². The first-order chi connectivity index (χ1) is 8.84.